The highest BCUT2D eigenvalue weighted by atomic mass is 16.5. The van der Waals surface area contributed by atoms with Crippen LogP contribution in [0.2, 0.25) is 0 Å². The van der Waals surface area contributed by atoms with Gasteiger partial charge in [-0.25, -0.2) is 0 Å². The van der Waals surface area contributed by atoms with Crippen LogP contribution < -0.4 is 0 Å². The lowest BCUT2D eigenvalue weighted by atomic mass is 9.78. The van der Waals surface area contributed by atoms with Crippen LogP contribution in [0.4, 0.5) is 0 Å². The Morgan fingerprint density at radius 2 is 1.06 bits per heavy atom. The molecule has 194 valence electrons. The van der Waals surface area contributed by atoms with Crippen LogP contribution in [0.1, 0.15) is 157 Å². The number of allylic oxidation sites excluding steroid dienone is 2. The van der Waals surface area contributed by atoms with Gasteiger partial charge >= 0.3 is 0 Å². The molecule has 1 saturated heterocycles. The van der Waals surface area contributed by atoms with E-state index in [0.717, 1.165) is 19.3 Å². The minimum absolute atomic E-state index is 0.120. The Labute approximate surface area is 208 Å². The van der Waals surface area contributed by atoms with E-state index in [2.05, 4.69) is 64.8 Å². The molecule has 0 aromatic rings. The Bertz CT molecular complexity index is 501. The molecule has 1 aliphatic rings. The first-order chi connectivity index (χ1) is 15.8. The molecule has 0 unspecified atom stereocenters. The fraction of sp³-hybridized carbons (Fsp3) is 0.871. The van der Waals surface area contributed by atoms with E-state index in [0.29, 0.717) is 6.10 Å². The van der Waals surface area contributed by atoms with Crippen LogP contribution in [0, 0.1) is 0 Å². The molecule has 33 heavy (non-hydrogen) atoms. The highest BCUT2D eigenvalue weighted by molar-refractivity contribution is 5.06. The van der Waals surface area contributed by atoms with Crippen molar-refractivity contribution in [2.45, 2.75) is 174 Å². The molecular weight excluding hydrogens is 402 g/mol. The smallest absolute Gasteiger partial charge is 0.102 e. The summed E-state index contributed by atoms with van der Waals surface area (Å²) in [5.74, 6) is 0. The van der Waals surface area contributed by atoms with Gasteiger partial charge in [-0.05, 0) is 65.7 Å². The van der Waals surface area contributed by atoms with Gasteiger partial charge in [-0.3, -0.25) is 0 Å². The van der Waals surface area contributed by atoms with Crippen LogP contribution in [-0.4, -0.2) is 22.1 Å². The standard InChI is InChI=1S/C31H59NO/c1-7-9-11-13-15-17-19-21-23-25-32-30(3,4)27-29(28-31(32,5)6)33-26-24-22-20-18-16-14-12-10-8-2/h23-26,29H,7-22,27-28H2,1-6H3. The average molecular weight is 462 g/mol. The van der Waals surface area contributed by atoms with E-state index in [9.17, 15) is 0 Å². The number of piperidine rings is 1. The number of nitrogens with zero attached hydrogens (tertiary/aromatic N) is 1. The molecule has 0 spiro atoms. The zero-order valence-electron chi connectivity index (χ0n) is 23.5. The van der Waals surface area contributed by atoms with Gasteiger partial charge in [0.25, 0.3) is 0 Å². The Morgan fingerprint density at radius 1 is 0.636 bits per heavy atom. The summed E-state index contributed by atoms with van der Waals surface area (Å²) >= 11 is 0. The Morgan fingerprint density at radius 3 is 1.55 bits per heavy atom. The van der Waals surface area contributed by atoms with Crippen molar-refractivity contribution in [1.29, 1.82) is 0 Å². The van der Waals surface area contributed by atoms with Gasteiger partial charge in [0.15, 0.2) is 0 Å². The normalized spacial score (nSPS) is 18.5. The number of unbranched alkanes of at least 4 members (excludes halogenated alkanes) is 14. The summed E-state index contributed by atoms with van der Waals surface area (Å²) in [5, 5.41) is 0. The maximum atomic E-state index is 6.23. The lowest BCUT2D eigenvalue weighted by molar-refractivity contribution is -0.0553. The number of rotatable bonds is 19. The van der Waals surface area contributed by atoms with E-state index < -0.39 is 0 Å². The second kappa shape index (κ2) is 17.5. The molecular formula is C31H59NO. The number of ether oxygens (including phenoxy) is 1. The molecule has 0 saturated carbocycles. The van der Waals surface area contributed by atoms with Gasteiger partial charge in [0.05, 0.1) is 6.26 Å². The number of likely N-dealkylation sites (tertiary alicyclic amines) is 1. The zero-order chi connectivity index (χ0) is 24.4. The molecule has 2 heteroatoms. The first-order valence-electron chi connectivity index (χ1n) is 14.6. The highest BCUT2D eigenvalue weighted by Crippen LogP contribution is 2.40. The van der Waals surface area contributed by atoms with E-state index in [-0.39, 0.29) is 11.1 Å². The molecule has 1 fully saturated rings. The van der Waals surface area contributed by atoms with Gasteiger partial charge in [-0.1, -0.05) is 97.0 Å². The van der Waals surface area contributed by atoms with Crippen molar-refractivity contribution in [2.75, 3.05) is 0 Å². The van der Waals surface area contributed by atoms with Gasteiger partial charge in [0, 0.05) is 23.9 Å². The summed E-state index contributed by atoms with van der Waals surface area (Å²) in [5.41, 5.74) is 0.241. The summed E-state index contributed by atoms with van der Waals surface area (Å²) in [7, 11) is 0. The van der Waals surface area contributed by atoms with Crippen LogP contribution in [0.25, 0.3) is 0 Å². The van der Waals surface area contributed by atoms with Crippen molar-refractivity contribution >= 4 is 0 Å². The van der Waals surface area contributed by atoms with Crippen molar-refractivity contribution in [3.05, 3.63) is 24.6 Å². The maximum absolute atomic E-state index is 6.23. The molecule has 1 aliphatic heterocycles. The van der Waals surface area contributed by atoms with Crippen molar-refractivity contribution in [3.63, 3.8) is 0 Å². The number of hydrogen-bond acceptors (Lipinski definition) is 2. The topological polar surface area (TPSA) is 12.5 Å². The second-order valence-electron chi connectivity index (χ2n) is 11.7. The maximum Gasteiger partial charge on any atom is 0.102 e. The molecule has 0 N–H and O–H groups in total. The van der Waals surface area contributed by atoms with Gasteiger partial charge in [0.1, 0.15) is 6.10 Å². The molecule has 0 aliphatic carbocycles. The fourth-order valence-electron chi connectivity index (χ4n) is 5.56. The van der Waals surface area contributed by atoms with Crippen LogP contribution in [0.3, 0.4) is 0 Å². The molecule has 0 radical (unpaired) electrons. The van der Waals surface area contributed by atoms with E-state index >= 15 is 0 Å². The Kier molecular flexibility index (Phi) is 16.0. The van der Waals surface area contributed by atoms with Crippen molar-refractivity contribution in [2.24, 2.45) is 0 Å². The van der Waals surface area contributed by atoms with E-state index in [1.54, 1.807) is 0 Å². The van der Waals surface area contributed by atoms with E-state index in [1.165, 1.54) is 96.3 Å². The third-order valence-electron chi connectivity index (χ3n) is 7.33. The minimum atomic E-state index is 0.120. The quantitative estimate of drug-likeness (QED) is 0.140. The van der Waals surface area contributed by atoms with E-state index in [4.69, 9.17) is 4.74 Å². The highest BCUT2D eigenvalue weighted by Gasteiger charge is 2.44. The number of hydrogen-bond donors (Lipinski definition) is 0. The van der Waals surface area contributed by atoms with Crippen molar-refractivity contribution < 1.29 is 4.74 Å². The summed E-state index contributed by atoms with van der Waals surface area (Å²) in [4.78, 5) is 2.60. The summed E-state index contributed by atoms with van der Waals surface area (Å²) < 4.78 is 6.23. The van der Waals surface area contributed by atoms with Crippen LogP contribution in [0.15, 0.2) is 24.6 Å². The lowest BCUT2D eigenvalue weighted by Crippen LogP contribution is -2.59. The largest absolute Gasteiger partial charge is 0.498 e. The molecule has 1 heterocycles. The third kappa shape index (κ3) is 13.5. The Balaban J connectivity index is 2.30. The van der Waals surface area contributed by atoms with Crippen LogP contribution in [0.5, 0.6) is 0 Å². The summed E-state index contributed by atoms with van der Waals surface area (Å²) in [6.07, 6.45) is 33.2. The molecule has 0 aromatic heterocycles. The molecule has 0 aromatic carbocycles. The van der Waals surface area contributed by atoms with Crippen LogP contribution >= 0.6 is 0 Å². The van der Waals surface area contributed by atoms with Gasteiger partial charge < -0.3 is 9.64 Å². The summed E-state index contributed by atoms with van der Waals surface area (Å²) in [6, 6.07) is 0. The molecule has 0 atom stereocenters. The predicted molar refractivity (Wildman–Crippen MR) is 148 cm³/mol. The van der Waals surface area contributed by atoms with Gasteiger partial charge in [-0.2, -0.15) is 0 Å². The fourth-order valence-corrected chi connectivity index (χ4v) is 5.56. The minimum Gasteiger partial charge on any atom is -0.498 e. The average Bonchev–Trinajstić information content (AvgIpc) is 2.74. The predicted octanol–water partition coefficient (Wildman–Crippen LogP) is 10.3. The zero-order valence-corrected chi connectivity index (χ0v) is 23.5. The summed E-state index contributed by atoms with van der Waals surface area (Å²) in [6.45, 7) is 14.1. The second-order valence-corrected chi connectivity index (χ2v) is 11.7. The van der Waals surface area contributed by atoms with Crippen molar-refractivity contribution in [3.8, 4) is 0 Å². The van der Waals surface area contributed by atoms with Gasteiger partial charge in [0.2, 0.25) is 0 Å². The molecule has 0 bridgehead atoms. The first kappa shape index (κ1) is 30.1. The molecule has 0 amide bonds. The molecule has 1 rings (SSSR count). The third-order valence-corrected chi connectivity index (χ3v) is 7.33. The SMILES string of the molecule is CCCCCCCCCC=COC1CC(C)(C)N(C=CCCCCCCCCC)C(C)(C)C1. The molecule has 2 nitrogen and oxygen atoms in total. The lowest BCUT2D eigenvalue weighted by Gasteiger charge is -2.54. The first-order valence-corrected chi connectivity index (χ1v) is 14.6. The van der Waals surface area contributed by atoms with E-state index in [1.807, 2.05) is 6.26 Å². The van der Waals surface area contributed by atoms with Gasteiger partial charge in [-0.15, -0.1) is 0 Å². The van der Waals surface area contributed by atoms with Crippen molar-refractivity contribution in [1.82, 2.24) is 4.90 Å². The van der Waals surface area contributed by atoms with Crippen LogP contribution in [-0.2, 0) is 4.74 Å². The Hall–Kier alpha value is -0.920. The monoisotopic (exact) mass is 461 g/mol.